The monoisotopic (exact) mass is 223 g/mol. The zero-order chi connectivity index (χ0) is 12.2. The molecule has 0 aromatic carbocycles. The molecule has 1 rings (SSSR count). The molecule has 1 fully saturated rings. The van der Waals surface area contributed by atoms with Gasteiger partial charge in [-0.05, 0) is 19.3 Å². The van der Waals surface area contributed by atoms with Gasteiger partial charge in [-0.3, -0.25) is 9.59 Å². The first-order valence-electron chi connectivity index (χ1n) is 5.50. The van der Waals surface area contributed by atoms with Crippen LogP contribution in [0.25, 0.3) is 0 Å². The number of carbonyl (C=O) groups is 2. The summed E-state index contributed by atoms with van der Waals surface area (Å²) in [6.45, 7) is 2.76. The largest absolute Gasteiger partial charge is 0.481 e. The molecule has 0 aromatic rings. The van der Waals surface area contributed by atoms with Gasteiger partial charge in [0.05, 0.1) is 11.8 Å². The lowest BCUT2D eigenvalue weighted by molar-refractivity contribution is -0.155. The predicted molar refractivity (Wildman–Crippen MR) is 59.6 cm³/mol. The van der Waals surface area contributed by atoms with Crippen molar-refractivity contribution in [3.05, 3.63) is 0 Å². The Morgan fingerprint density at radius 3 is 2.75 bits per heavy atom. The van der Waals surface area contributed by atoms with Crippen molar-refractivity contribution >= 4 is 11.9 Å². The molecule has 0 spiro atoms. The van der Waals surface area contributed by atoms with E-state index in [-0.39, 0.29) is 12.3 Å². The summed E-state index contributed by atoms with van der Waals surface area (Å²) in [7, 11) is 0. The fraction of sp³-hybridized carbons (Fsp3) is 0.667. The Labute approximate surface area is 95.6 Å². The number of aliphatic carboxylic acids is 1. The van der Waals surface area contributed by atoms with E-state index in [4.69, 9.17) is 6.42 Å². The summed E-state index contributed by atoms with van der Waals surface area (Å²) in [5.74, 6) is 1.35. The number of amides is 1. The van der Waals surface area contributed by atoms with E-state index in [1.165, 1.54) is 0 Å². The van der Waals surface area contributed by atoms with Gasteiger partial charge in [-0.1, -0.05) is 12.8 Å². The second kappa shape index (κ2) is 5.02. The van der Waals surface area contributed by atoms with Crippen molar-refractivity contribution in [1.29, 1.82) is 0 Å². The Hall–Kier alpha value is -1.50. The molecule has 16 heavy (non-hydrogen) atoms. The topological polar surface area (TPSA) is 57.6 Å². The fourth-order valence-electron chi connectivity index (χ4n) is 2.16. The van der Waals surface area contributed by atoms with E-state index in [0.717, 1.165) is 6.42 Å². The van der Waals surface area contributed by atoms with Gasteiger partial charge in [-0.15, -0.1) is 6.42 Å². The minimum Gasteiger partial charge on any atom is -0.481 e. The van der Waals surface area contributed by atoms with Crippen LogP contribution in [0.3, 0.4) is 0 Å². The van der Waals surface area contributed by atoms with Gasteiger partial charge in [0, 0.05) is 13.1 Å². The molecule has 4 heteroatoms. The Balaban J connectivity index is 2.76. The molecular weight excluding hydrogens is 206 g/mol. The zero-order valence-electron chi connectivity index (χ0n) is 9.53. The van der Waals surface area contributed by atoms with Crippen LogP contribution in [0.15, 0.2) is 0 Å². The van der Waals surface area contributed by atoms with E-state index >= 15 is 0 Å². The minimum absolute atomic E-state index is 0.0550. The molecule has 1 amide bonds. The second-order valence-corrected chi connectivity index (χ2v) is 4.24. The highest BCUT2D eigenvalue weighted by molar-refractivity contribution is 5.81. The van der Waals surface area contributed by atoms with Gasteiger partial charge in [0.25, 0.3) is 0 Å². The van der Waals surface area contributed by atoms with Crippen molar-refractivity contribution in [2.75, 3.05) is 13.1 Å². The molecule has 1 atom stereocenters. The van der Waals surface area contributed by atoms with Crippen LogP contribution in [0.5, 0.6) is 0 Å². The van der Waals surface area contributed by atoms with Gasteiger partial charge in [0.15, 0.2) is 0 Å². The average molecular weight is 223 g/mol. The summed E-state index contributed by atoms with van der Waals surface area (Å²) < 4.78 is 0. The molecule has 0 aromatic heterocycles. The Morgan fingerprint density at radius 1 is 1.56 bits per heavy atom. The summed E-state index contributed by atoms with van der Waals surface area (Å²) in [5, 5.41) is 9.24. The number of hydrogen-bond acceptors (Lipinski definition) is 2. The van der Waals surface area contributed by atoms with Gasteiger partial charge in [0.2, 0.25) is 5.91 Å². The van der Waals surface area contributed by atoms with Crippen molar-refractivity contribution in [2.24, 2.45) is 5.41 Å². The number of hydrogen-bond donors (Lipinski definition) is 1. The molecule has 0 aliphatic carbocycles. The molecule has 1 saturated heterocycles. The Bertz CT molecular complexity index is 332. The first-order valence-corrected chi connectivity index (χ1v) is 5.50. The molecule has 1 aliphatic rings. The lowest BCUT2D eigenvalue weighted by Gasteiger charge is -2.39. The predicted octanol–water partition coefficient (Wildman–Crippen LogP) is 1.11. The summed E-state index contributed by atoms with van der Waals surface area (Å²) >= 11 is 0. The number of piperidine rings is 1. The lowest BCUT2D eigenvalue weighted by atomic mass is 9.77. The number of carboxylic acids is 1. The van der Waals surface area contributed by atoms with Crippen molar-refractivity contribution in [1.82, 2.24) is 4.90 Å². The van der Waals surface area contributed by atoms with Crippen molar-refractivity contribution in [3.8, 4) is 12.3 Å². The van der Waals surface area contributed by atoms with Crippen molar-refractivity contribution in [2.45, 2.75) is 32.6 Å². The van der Waals surface area contributed by atoms with Crippen LogP contribution < -0.4 is 0 Å². The van der Waals surface area contributed by atoms with E-state index in [1.54, 1.807) is 4.90 Å². The zero-order valence-corrected chi connectivity index (χ0v) is 9.53. The average Bonchev–Trinajstić information content (AvgIpc) is 2.29. The first-order chi connectivity index (χ1) is 7.55. The van der Waals surface area contributed by atoms with E-state index in [0.29, 0.717) is 25.9 Å². The third-order valence-electron chi connectivity index (χ3n) is 3.31. The Morgan fingerprint density at radius 2 is 2.25 bits per heavy atom. The molecule has 1 heterocycles. The van der Waals surface area contributed by atoms with Gasteiger partial charge in [-0.2, -0.15) is 0 Å². The quantitative estimate of drug-likeness (QED) is 0.729. The van der Waals surface area contributed by atoms with Crippen LogP contribution >= 0.6 is 0 Å². The smallest absolute Gasteiger partial charge is 0.311 e. The Kier molecular flexibility index (Phi) is 3.94. The van der Waals surface area contributed by atoms with Gasteiger partial charge in [0.1, 0.15) is 0 Å². The van der Waals surface area contributed by atoms with Gasteiger partial charge in [-0.25, -0.2) is 0 Å². The summed E-state index contributed by atoms with van der Waals surface area (Å²) in [6, 6.07) is 0. The minimum atomic E-state index is -0.812. The first kappa shape index (κ1) is 12.6. The van der Waals surface area contributed by atoms with E-state index < -0.39 is 11.4 Å². The number of carboxylic acid groups (broad SMARTS) is 1. The van der Waals surface area contributed by atoms with E-state index in [1.807, 2.05) is 6.92 Å². The number of nitrogens with zero attached hydrogens (tertiary/aromatic N) is 1. The van der Waals surface area contributed by atoms with Crippen LogP contribution in [0.1, 0.15) is 32.6 Å². The molecule has 0 radical (unpaired) electrons. The highest BCUT2D eigenvalue weighted by atomic mass is 16.4. The van der Waals surface area contributed by atoms with Crippen LogP contribution in [-0.2, 0) is 9.59 Å². The molecule has 88 valence electrons. The molecule has 1 unspecified atom stereocenters. The normalized spacial score (nSPS) is 24.9. The number of carbonyl (C=O) groups excluding carboxylic acids is 1. The molecule has 0 bridgehead atoms. The number of terminal acetylenes is 1. The van der Waals surface area contributed by atoms with E-state index in [9.17, 15) is 14.7 Å². The maximum atomic E-state index is 11.6. The summed E-state index contributed by atoms with van der Waals surface area (Å²) in [6.07, 6.45) is 7.05. The molecule has 1 aliphatic heterocycles. The maximum Gasteiger partial charge on any atom is 0.311 e. The molecular formula is C12H17NO3. The molecule has 0 saturated carbocycles. The SMILES string of the molecule is C#CCC(=O)N1CCCC(CC)(C(=O)O)C1. The highest BCUT2D eigenvalue weighted by Crippen LogP contribution is 2.33. The van der Waals surface area contributed by atoms with Crippen LogP contribution in [0.4, 0.5) is 0 Å². The standard InChI is InChI=1S/C12H17NO3/c1-3-6-10(14)13-8-5-7-12(4-2,9-13)11(15)16/h1H,4-9H2,2H3,(H,15,16). The van der Waals surface area contributed by atoms with E-state index in [2.05, 4.69) is 5.92 Å². The summed E-state index contributed by atoms with van der Waals surface area (Å²) in [5.41, 5.74) is -0.775. The van der Waals surface area contributed by atoms with Crippen LogP contribution in [0.2, 0.25) is 0 Å². The number of likely N-dealkylation sites (tertiary alicyclic amines) is 1. The van der Waals surface area contributed by atoms with Gasteiger partial charge >= 0.3 is 5.97 Å². The maximum absolute atomic E-state index is 11.6. The van der Waals surface area contributed by atoms with Crippen LogP contribution in [0, 0.1) is 17.8 Å². The summed E-state index contributed by atoms with van der Waals surface area (Å²) in [4.78, 5) is 24.5. The number of rotatable bonds is 3. The van der Waals surface area contributed by atoms with Crippen molar-refractivity contribution < 1.29 is 14.7 Å². The fourth-order valence-corrected chi connectivity index (χ4v) is 2.16. The lowest BCUT2D eigenvalue weighted by Crippen LogP contribution is -2.49. The third-order valence-corrected chi connectivity index (χ3v) is 3.31. The van der Waals surface area contributed by atoms with Crippen molar-refractivity contribution in [3.63, 3.8) is 0 Å². The molecule has 4 nitrogen and oxygen atoms in total. The highest BCUT2D eigenvalue weighted by Gasteiger charge is 2.41. The van der Waals surface area contributed by atoms with Gasteiger partial charge < -0.3 is 10.0 Å². The third kappa shape index (κ3) is 2.35. The molecule has 1 N–H and O–H groups in total. The van der Waals surface area contributed by atoms with Crippen LogP contribution in [-0.4, -0.2) is 35.0 Å². The second-order valence-electron chi connectivity index (χ2n) is 4.24.